The third kappa shape index (κ3) is 2.22. The summed E-state index contributed by atoms with van der Waals surface area (Å²) in [5, 5.41) is 0. The minimum absolute atomic E-state index is 0.281. The third-order valence-corrected chi connectivity index (χ3v) is 3.15. The minimum atomic E-state index is -0.294. The zero-order valence-electron chi connectivity index (χ0n) is 10.7. The number of ether oxygens (including phenoxy) is 1. The number of hydrogen-bond donors (Lipinski definition) is 0. The number of methoxy groups -OCH3 is 1. The van der Waals surface area contributed by atoms with Crippen molar-refractivity contribution < 1.29 is 9.13 Å². The van der Waals surface area contributed by atoms with Crippen LogP contribution in [-0.2, 0) is 16.2 Å². The molecule has 2 aromatic rings. The van der Waals surface area contributed by atoms with E-state index < -0.39 is 0 Å². The van der Waals surface area contributed by atoms with Crippen molar-refractivity contribution in [2.45, 2.75) is 25.3 Å². The van der Waals surface area contributed by atoms with Gasteiger partial charge < -0.3 is 9.30 Å². The molecule has 2 rings (SSSR count). The molecule has 0 amide bonds. The van der Waals surface area contributed by atoms with Gasteiger partial charge >= 0.3 is 0 Å². The highest BCUT2D eigenvalue weighted by molar-refractivity contribution is 6.16. The van der Waals surface area contributed by atoms with Crippen molar-refractivity contribution in [3.8, 4) is 0 Å². The predicted molar refractivity (Wildman–Crippen MR) is 70.4 cm³/mol. The Morgan fingerprint density at radius 2 is 2.17 bits per heavy atom. The largest absolute Gasteiger partial charge is 0.382 e. The van der Waals surface area contributed by atoms with Crippen LogP contribution in [0.4, 0.5) is 4.39 Å². The van der Waals surface area contributed by atoms with Crippen LogP contribution in [0.3, 0.4) is 0 Å². The number of nitrogens with zero attached hydrogens (tertiary/aromatic N) is 2. The van der Waals surface area contributed by atoms with Crippen LogP contribution in [0.1, 0.15) is 19.7 Å². The van der Waals surface area contributed by atoms with Crippen LogP contribution in [0.25, 0.3) is 11.0 Å². The van der Waals surface area contributed by atoms with Crippen LogP contribution in [0, 0.1) is 5.82 Å². The summed E-state index contributed by atoms with van der Waals surface area (Å²) in [5.41, 5.74) is 1.20. The number of fused-ring (bicyclic) bond motifs is 1. The first-order valence-electron chi connectivity index (χ1n) is 5.72. The Bertz CT molecular complexity index is 565. The topological polar surface area (TPSA) is 27.1 Å². The number of imidazole rings is 1. The van der Waals surface area contributed by atoms with E-state index in [0.29, 0.717) is 12.1 Å². The van der Waals surface area contributed by atoms with Crippen molar-refractivity contribution in [3.63, 3.8) is 0 Å². The molecule has 0 N–H and O–H groups in total. The minimum Gasteiger partial charge on any atom is -0.382 e. The first-order chi connectivity index (χ1) is 8.49. The summed E-state index contributed by atoms with van der Waals surface area (Å²) in [6, 6.07) is 4.58. The molecule has 0 atom stereocenters. The van der Waals surface area contributed by atoms with E-state index in [1.54, 1.807) is 13.2 Å². The third-order valence-electron chi connectivity index (χ3n) is 2.91. The highest BCUT2D eigenvalue weighted by atomic mass is 35.5. The lowest BCUT2D eigenvalue weighted by Gasteiger charge is -2.28. The summed E-state index contributed by atoms with van der Waals surface area (Å²) in [5.74, 6) is 0.709. The molecule has 3 nitrogen and oxygen atoms in total. The maximum absolute atomic E-state index is 13.2. The van der Waals surface area contributed by atoms with Crippen molar-refractivity contribution in [2.24, 2.45) is 0 Å². The molecule has 1 heterocycles. The summed E-state index contributed by atoms with van der Waals surface area (Å²) in [7, 11) is 1.65. The molecule has 0 aliphatic carbocycles. The summed E-state index contributed by atoms with van der Waals surface area (Å²) in [6.45, 7) is 4.60. The van der Waals surface area contributed by atoms with Gasteiger partial charge in [-0.25, -0.2) is 9.37 Å². The number of aromatic nitrogens is 2. The number of alkyl halides is 1. The Morgan fingerprint density at radius 3 is 2.78 bits per heavy atom. The Morgan fingerprint density at radius 1 is 1.44 bits per heavy atom. The van der Waals surface area contributed by atoms with Gasteiger partial charge in [-0.3, -0.25) is 0 Å². The first kappa shape index (κ1) is 13.3. The quantitative estimate of drug-likeness (QED) is 0.797. The smallest absolute Gasteiger partial charge is 0.125 e. The molecular weight excluding hydrogens is 255 g/mol. The average molecular weight is 271 g/mol. The van der Waals surface area contributed by atoms with E-state index in [1.807, 2.05) is 18.4 Å². The van der Waals surface area contributed by atoms with Crippen molar-refractivity contribution in [1.29, 1.82) is 0 Å². The molecule has 0 unspecified atom stereocenters. The molecule has 0 aliphatic rings. The molecule has 0 aliphatic heterocycles. The molecule has 0 fully saturated rings. The van der Waals surface area contributed by atoms with E-state index in [0.717, 1.165) is 11.3 Å². The Labute approximate surface area is 111 Å². The molecule has 0 radical (unpaired) electrons. The molecule has 1 aromatic carbocycles. The first-order valence-corrected chi connectivity index (χ1v) is 6.25. The van der Waals surface area contributed by atoms with Crippen LogP contribution in [0.15, 0.2) is 18.2 Å². The van der Waals surface area contributed by atoms with E-state index in [2.05, 4.69) is 4.98 Å². The fourth-order valence-electron chi connectivity index (χ4n) is 2.29. The standard InChI is InChI=1S/C13H16ClFN2O/c1-13(2,8-18-3)17-11-5-4-9(15)6-10(11)16-12(17)7-14/h4-6H,7-8H2,1-3H3. The van der Waals surface area contributed by atoms with Gasteiger partial charge in [-0.2, -0.15) is 0 Å². The van der Waals surface area contributed by atoms with Crippen LogP contribution >= 0.6 is 11.6 Å². The molecular formula is C13H16ClFN2O. The van der Waals surface area contributed by atoms with Crippen molar-refractivity contribution in [2.75, 3.05) is 13.7 Å². The Kier molecular flexibility index (Phi) is 3.59. The number of benzene rings is 1. The summed E-state index contributed by atoms with van der Waals surface area (Å²) >= 11 is 5.93. The van der Waals surface area contributed by atoms with E-state index in [-0.39, 0.29) is 17.2 Å². The van der Waals surface area contributed by atoms with Gasteiger partial charge in [-0.1, -0.05) is 0 Å². The maximum atomic E-state index is 13.2. The van der Waals surface area contributed by atoms with Crippen molar-refractivity contribution >= 4 is 22.6 Å². The molecule has 5 heteroatoms. The average Bonchev–Trinajstić information content (AvgIpc) is 2.66. The highest BCUT2D eigenvalue weighted by Crippen LogP contribution is 2.27. The molecule has 98 valence electrons. The summed E-state index contributed by atoms with van der Waals surface area (Å²) in [4.78, 5) is 4.38. The lowest BCUT2D eigenvalue weighted by Crippen LogP contribution is -2.32. The molecule has 0 saturated carbocycles. The number of rotatable bonds is 4. The summed E-state index contributed by atoms with van der Waals surface area (Å²) < 4.78 is 20.5. The lowest BCUT2D eigenvalue weighted by atomic mass is 10.1. The van der Waals surface area contributed by atoms with Gasteiger partial charge in [0.2, 0.25) is 0 Å². The monoisotopic (exact) mass is 270 g/mol. The molecule has 18 heavy (non-hydrogen) atoms. The number of hydrogen-bond acceptors (Lipinski definition) is 2. The van der Waals surface area contributed by atoms with E-state index in [1.165, 1.54) is 12.1 Å². The molecule has 1 aromatic heterocycles. The van der Waals surface area contributed by atoms with Crippen LogP contribution in [-0.4, -0.2) is 23.3 Å². The van der Waals surface area contributed by atoms with Gasteiger partial charge in [0.1, 0.15) is 11.6 Å². The normalized spacial score (nSPS) is 12.3. The van der Waals surface area contributed by atoms with Crippen molar-refractivity contribution in [1.82, 2.24) is 9.55 Å². The zero-order chi connectivity index (χ0) is 13.3. The van der Waals surface area contributed by atoms with Gasteiger partial charge in [0.05, 0.1) is 29.1 Å². The van der Waals surface area contributed by atoms with Crippen LogP contribution in [0.5, 0.6) is 0 Å². The second-order valence-corrected chi connectivity index (χ2v) is 5.14. The van der Waals surface area contributed by atoms with Gasteiger partial charge in [0.25, 0.3) is 0 Å². The zero-order valence-corrected chi connectivity index (χ0v) is 11.5. The van der Waals surface area contributed by atoms with Crippen molar-refractivity contribution in [3.05, 3.63) is 29.8 Å². The second-order valence-electron chi connectivity index (χ2n) is 4.88. The lowest BCUT2D eigenvalue weighted by molar-refractivity contribution is 0.110. The second kappa shape index (κ2) is 4.86. The van der Waals surface area contributed by atoms with E-state index in [4.69, 9.17) is 16.3 Å². The Balaban J connectivity index is 2.67. The number of halogens is 2. The van der Waals surface area contributed by atoms with E-state index in [9.17, 15) is 4.39 Å². The van der Waals surface area contributed by atoms with E-state index >= 15 is 0 Å². The Hall–Kier alpha value is -1.13. The predicted octanol–water partition coefficient (Wildman–Crippen LogP) is 3.30. The fourth-order valence-corrected chi connectivity index (χ4v) is 2.47. The fraction of sp³-hybridized carbons (Fsp3) is 0.462. The van der Waals surface area contributed by atoms with Gasteiger partial charge in [-0.15, -0.1) is 11.6 Å². The maximum Gasteiger partial charge on any atom is 0.125 e. The molecule has 0 spiro atoms. The SMILES string of the molecule is COCC(C)(C)n1c(CCl)nc2cc(F)ccc21. The highest BCUT2D eigenvalue weighted by Gasteiger charge is 2.25. The molecule has 0 saturated heterocycles. The van der Waals surface area contributed by atoms with Crippen LogP contribution in [0.2, 0.25) is 0 Å². The van der Waals surface area contributed by atoms with Crippen LogP contribution < -0.4 is 0 Å². The molecule has 0 bridgehead atoms. The van der Waals surface area contributed by atoms with Gasteiger partial charge in [0, 0.05) is 13.2 Å². The van der Waals surface area contributed by atoms with Gasteiger partial charge in [-0.05, 0) is 26.0 Å². The summed E-state index contributed by atoms with van der Waals surface area (Å²) in [6.07, 6.45) is 0. The van der Waals surface area contributed by atoms with Gasteiger partial charge in [0.15, 0.2) is 0 Å².